The summed E-state index contributed by atoms with van der Waals surface area (Å²) in [6, 6.07) is 11.9. The number of ketones is 1. The van der Waals surface area contributed by atoms with Gasteiger partial charge in [0.05, 0.1) is 11.5 Å². The van der Waals surface area contributed by atoms with E-state index in [0.717, 1.165) is 0 Å². The van der Waals surface area contributed by atoms with Crippen molar-refractivity contribution in [1.82, 2.24) is 0 Å². The lowest BCUT2D eigenvalue weighted by molar-refractivity contribution is -0.384. The molecule has 0 bridgehead atoms. The van der Waals surface area contributed by atoms with Crippen LogP contribution in [0.1, 0.15) is 17.3 Å². The SMILES string of the molecule is CC(=O)c1ccc(N(C)C[C@H]2COc3ccccc3O2)c([N+](=O)[O-])c1. The van der Waals surface area contributed by atoms with Crippen LogP contribution in [0.5, 0.6) is 11.5 Å². The van der Waals surface area contributed by atoms with Crippen LogP contribution in [-0.4, -0.2) is 37.0 Å². The Bertz CT molecular complexity index is 821. The molecule has 130 valence electrons. The second-order valence-corrected chi connectivity index (χ2v) is 5.89. The molecule has 2 aromatic rings. The first-order valence-corrected chi connectivity index (χ1v) is 7.84. The molecule has 0 radical (unpaired) electrons. The van der Waals surface area contributed by atoms with Crippen molar-refractivity contribution < 1.29 is 19.2 Å². The highest BCUT2D eigenvalue weighted by atomic mass is 16.6. The number of nitro groups is 1. The van der Waals surface area contributed by atoms with Crippen LogP contribution in [0.2, 0.25) is 0 Å². The zero-order valence-corrected chi connectivity index (χ0v) is 14.0. The number of Topliss-reactive ketones (excluding diaryl/α,β-unsaturated/α-hetero) is 1. The summed E-state index contributed by atoms with van der Waals surface area (Å²) in [5.41, 5.74) is 0.639. The molecule has 0 amide bonds. The van der Waals surface area contributed by atoms with Crippen molar-refractivity contribution in [3.05, 3.63) is 58.1 Å². The van der Waals surface area contributed by atoms with Crippen LogP contribution in [0.3, 0.4) is 0 Å². The summed E-state index contributed by atoms with van der Waals surface area (Å²) in [6.45, 7) is 2.16. The van der Waals surface area contributed by atoms with Gasteiger partial charge in [0.1, 0.15) is 12.3 Å². The van der Waals surface area contributed by atoms with Crippen LogP contribution in [0.15, 0.2) is 42.5 Å². The zero-order chi connectivity index (χ0) is 18.0. The molecular formula is C18H18N2O5. The molecule has 0 saturated carbocycles. The van der Waals surface area contributed by atoms with E-state index in [1.54, 1.807) is 24.1 Å². The van der Waals surface area contributed by atoms with Crippen molar-refractivity contribution in [3.8, 4) is 11.5 Å². The molecular weight excluding hydrogens is 324 g/mol. The van der Waals surface area contributed by atoms with E-state index in [4.69, 9.17) is 9.47 Å². The lowest BCUT2D eigenvalue weighted by Gasteiger charge is -2.30. The van der Waals surface area contributed by atoms with E-state index in [9.17, 15) is 14.9 Å². The summed E-state index contributed by atoms with van der Waals surface area (Å²) < 4.78 is 11.6. The van der Waals surface area contributed by atoms with Crippen molar-refractivity contribution in [3.63, 3.8) is 0 Å². The highest BCUT2D eigenvalue weighted by Gasteiger charge is 2.25. The Labute approximate surface area is 144 Å². The summed E-state index contributed by atoms with van der Waals surface area (Å²) >= 11 is 0. The number of carbonyl (C=O) groups excluding carboxylic acids is 1. The predicted molar refractivity (Wildman–Crippen MR) is 92.7 cm³/mol. The Kier molecular flexibility index (Phi) is 4.56. The molecule has 0 fully saturated rings. The van der Waals surface area contributed by atoms with Crippen LogP contribution >= 0.6 is 0 Å². The quantitative estimate of drug-likeness (QED) is 0.472. The van der Waals surface area contributed by atoms with Crippen LogP contribution in [-0.2, 0) is 0 Å². The Morgan fingerprint density at radius 2 is 2.00 bits per heavy atom. The highest BCUT2D eigenvalue weighted by Crippen LogP contribution is 2.33. The van der Waals surface area contributed by atoms with Gasteiger partial charge in [0, 0.05) is 18.7 Å². The topological polar surface area (TPSA) is 81.9 Å². The van der Waals surface area contributed by atoms with Crippen LogP contribution < -0.4 is 14.4 Å². The predicted octanol–water partition coefficient (Wildman–Crippen LogP) is 3.07. The average molecular weight is 342 g/mol. The van der Waals surface area contributed by atoms with Gasteiger partial charge in [-0.1, -0.05) is 12.1 Å². The fourth-order valence-corrected chi connectivity index (χ4v) is 2.77. The van der Waals surface area contributed by atoms with Gasteiger partial charge in [-0.25, -0.2) is 0 Å². The van der Waals surface area contributed by atoms with Gasteiger partial charge < -0.3 is 14.4 Å². The lowest BCUT2D eigenvalue weighted by Crippen LogP contribution is -2.39. The third kappa shape index (κ3) is 3.55. The molecule has 0 spiro atoms. The summed E-state index contributed by atoms with van der Waals surface area (Å²) in [7, 11) is 1.75. The van der Waals surface area contributed by atoms with Gasteiger partial charge in [-0.05, 0) is 31.2 Å². The lowest BCUT2D eigenvalue weighted by atomic mass is 10.1. The van der Waals surface area contributed by atoms with Crippen LogP contribution in [0, 0.1) is 10.1 Å². The third-order valence-corrected chi connectivity index (χ3v) is 4.03. The van der Waals surface area contributed by atoms with E-state index in [2.05, 4.69) is 0 Å². The number of nitro benzene ring substituents is 1. The first-order chi connectivity index (χ1) is 12.0. The maximum Gasteiger partial charge on any atom is 0.293 e. The monoisotopic (exact) mass is 342 g/mol. The first kappa shape index (κ1) is 16.8. The molecule has 0 saturated heterocycles. The maximum atomic E-state index is 11.5. The molecule has 1 heterocycles. The minimum absolute atomic E-state index is 0.104. The van der Waals surface area contributed by atoms with E-state index >= 15 is 0 Å². The highest BCUT2D eigenvalue weighted by molar-refractivity contribution is 5.95. The van der Waals surface area contributed by atoms with E-state index in [1.165, 1.54) is 13.0 Å². The van der Waals surface area contributed by atoms with Crippen molar-refractivity contribution in [1.29, 1.82) is 0 Å². The van der Waals surface area contributed by atoms with E-state index < -0.39 is 4.92 Å². The van der Waals surface area contributed by atoms with Gasteiger partial charge in [0.25, 0.3) is 5.69 Å². The summed E-state index contributed by atoms with van der Waals surface area (Å²) in [5, 5.41) is 11.4. The second-order valence-electron chi connectivity index (χ2n) is 5.89. The number of carbonyl (C=O) groups is 1. The molecule has 0 N–H and O–H groups in total. The molecule has 25 heavy (non-hydrogen) atoms. The molecule has 7 nitrogen and oxygen atoms in total. The molecule has 0 aliphatic carbocycles. The standard InChI is InChI=1S/C18H18N2O5/c1-12(21)13-7-8-15(16(9-13)20(22)23)19(2)10-14-11-24-17-5-3-4-6-18(17)25-14/h3-9,14H,10-11H2,1-2H3/t14-/m0/s1. The van der Waals surface area contributed by atoms with Gasteiger partial charge in [-0.3, -0.25) is 14.9 Å². The number of anilines is 1. The van der Waals surface area contributed by atoms with Crippen molar-refractivity contribution in [2.24, 2.45) is 0 Å². The number of hydrogen-bond acceptors (Lipinski definition) is 6. The smallest absolute Gasteiger partial charge is 0.293 e. The molecule has 3 rings (SSSR count). The molecule has 1 aliphatic rings. The fourth-order valence-electron chi connectivity index (χ4n) is 2.77. The molecule has 1 atom stereocenters. The van der Waals surface area contributed by atoms with E-state index in [1.807, 2.05) is 24.3 Å². The zero-order valence-electron chi connectivity index (χ0n) is 14.0. The normalized spacial score (nSPS) is 15.5. The van der Waals surface area contributed by atoms with E-state index in [-0.39, 0.29) is 17.6 Å². The molecule has 0 aromatic heterocycles. The van der Waals surface area contributed by atoms with Gasteiger partial charge in [-0.15, -0.1) is 0 Å². The molecule has 0 unspecified atom stereocenters. The van der Waals surface area contributed by atoms with Gasteiger partial charge in [-0.2, -0.15) is 0 Å². The van der Waals surface area contributed by atoms with E-state index in [0.29, 0.717) is 35.9 Å². The summed E-state index contributed by atoms with van der Waals surface area (Å²) in [4.78, 5) is 24.1. The average Bonchev–Trinajstić information content (AvgIpc) is 2.60. The number of rotatable bonds is 5. The Morgan fingerprint density at radius 1 is 1.28 bits per heavy atom. The maximum absolute atomic E-state index is 11.5. The minimum Gasteiger partial charge on any atom is -0.486 e. The first-order valence-electron chi connectivity index (χ1n) is 7.84. The number of likely N-dealkylation sites (N-methyl/N-ethyl adjacent to an activating group) is 1. The largest absolute Gasteiger partial charge is 0.486 e. The van der Waals surface area contributed by atoms with Crippen molar-refractivity contribution in [2.75, 3.05) is 25.1 Å². The number of nitrogens with zero attached hydrogens (tertiary/aromatic N) is 2. The Balaban J connectivity index is 1.79. The third-order valence-electron chi connectivity index (χ3n) is 4.03. The van der Waals surface area contributed by atoms with Crippen LogP contribution in [0.4, 0.5) is 11.4 Å². The number of fused-ring (bicyclic) bond motifs is 1. The van der Waals surface area contributed by atoms with Gasteiger partial charge in [0.2, 0.25) is 0 Å². The van der Waals surface area contributed by atoms with Gasteiger partial charge >= 0.3 is 0 Å². The Morgan fingerprint density at radius 3 is 2.68 bits per heavy atom. The van der Waals surface area contributed by atoms with Gasteiger partial charge in [0.15, 0.2) is 23.4 Å². The number of ether oxygens (including phenoxy) is 2. The Hall–Kier alpha value is -3.09. The summed E-state index contributed by atoms with van der Waals surface area (Å²) in [6.07, 6.45) is -0.257. The molecule has 1 aliphatic heterocycles. The van der Waals surface area contributed by atoms with Crippen LogP contribution in [0.25, 0.3) is 0 Å². The molecule has 7 heteroatoms. The summed E-state index contributed by atoms with van der Waals surface area (Å²) in [5.74, 6) is 1.14. The number of benzene rings is 2. The second kappa shape index (κ2) is 6.80. The van der Waals surface area contributed by atoms with Crippen molar-refractivity contribution in [2.45, 2.75) is 13.0 Å². The number of para-hydroxylation sites is 2. The fraction of sp³-hybridized carbons (Fsp3) is 0.278. The minimum atomic E-state index is -0.480. The number of hydrogen-bond donors (Lipinski definition) is 0. The molecule has 2 aromatic carbocycles. The van der Waals surface area contributed by atoms with Crippen molar-refractivity contribution >= 4 is 17.2 Å².